The third kappa shape index (κ3) is 6.93. The molecule has 0 aliphatic carbocycles. The van der Waals surface area contributed by atoms with Gasteiger partial charge in [-0.25, -0.2) is 4.57 Å². The predicted octanol–water partition coefficient (Wildman–Crippen LogP) is 0.472. The number of rotatable bonds is 7. The van der Waals surface area contributed by atoms with Crippen molar-refractivity contribution in [2.75, 3.05) is 19.0 Å². The van der Waals surface area contributed by atoms with E-state index in [-0.39, 0.29) is 40.3 Å². The SMILES string of the molecule is Cc1occc(=O)c1OC(=O)CC[n+]1ccc(/C=C/c2ccc(N(C)C)cc2)cc1.[Br-]. The van der Waals surface area contributed by atoms with E-state index in [2.05, 4.69) is 35.2 Å². The average Bonchev–Trinajstić information content (AvgIpc) is 2.74. The Morgan fingerprint density at radius 2 is 1.65 bits per heavy atom. The van der Waals surface area contributed by atoms with Crippen LogP contribution in [0.5, 0.6) is 5.75 Å². The van der Waals surface area contributed by atoms with E-state index in [0.29, 0.717) is 6.54 Å². The molecule has 0 saturated heterocycles. The van der Waals surface area contributed by atoms with Gasteiger partial charge in [-0.15, -0.1) is 0 Å². The van der Waals surface area contributed by atoms with Crippen LogP contribution in [-0.2, 0) is 11.3 Å². The number of aryl methyl sites for hydroxylation is 2. The van der Waals surface area contributed by atoms with Gasteiger partial charge in [0.15, 0.2) is 18.9 Å². The van der Waals surface area contributed by atoms with Crippen LogP contribution in [0, 0.1) is 6.92 Å². The Kier molecular flexibility index (Phi) is 8.75. The molecular weight excluding hydrogens is 460 g/mol. The second-order valence-corrected chi connectivity index (χ2v) is 7.08. The summed E-state index contributed by atoms with van der Waals surface area (Å²) in [5.41, 5.74) is 2.98. The highest BCUT2D eigenvalue weighted by Crippen LogP contribution is 2.14. The third-order valence-corrected chi connectivity index (χ3v) is 4.59. The van der Waals surface area contributed by atoms with Crippen LogP contribution in [0.25, 0.3) is 12.2 Å². The van der Waals surface area contributed by atoms with E-state index in [1.165, 1.54) is 12.3 Å². The second kappa shape index (κ2) is 11.3. The Balaban J connectivity index is 0.00000341. The lowest BCUT2D eigenvalue weighted by Gasteiger charge is -2.11. The maximum atomic E-state index is 12.1. The van der Waals surface area contributed by atoms with Gasteiger partial charge in [0, 0.05) is 38.0 Å². The summed E-state index contributed by atoms with van der Waals surface area (Å²) >= 11 is 0. The Morgan fingerprint density at radius 3 is 2.23 bits per heavy atom. The van der Waals surface area contributed by atoms with Gasteiger partial charge < -0.3 is 31.0 Å². The number of benzene rings is 1. The second-order valence-electron chi connectivity index (χ2n) is 7.08. The van der Waals surface area contributed by atoms with Crippen molar-refractivity contribution in [3.05, 3.63) is 88.2 Å². The first kappa shape index (κ1) is 24.1. The Bertz CT molecular complexity index is 1090. The van der Waals surface area contributed by atoms with Crippen molar-refractivity contribution in [2.24, 2.45) is 0 Å². The fourth-order valence-corrected chi connectivity index (χ4v) is 2.81. The minimum absolute atomic E-state index is 0. The zero-order valence-corrected chi connectivity index (χ0v) is 19.3. The van der Waals surface area contributed by atoms with Gasteiger partial charge in [-0.2, -0.15) is 0 Å². The maximum Gasteiger partial charge on any atom is 0.317 e. The summed E-state index contributed by atoms with van der Waals surface area (Å²) in [5.74, 6) is -0.239. The molecule has 162 valence electrons. The number of nitrogens with zero attached hydrogens (tertiary/aromatic N) is 2. The van der Waals surface area contributed by atoms with Gasteiger partial charge in [-0.05, 0) is 30.2 Å². The number of halogens is 1. The molecule has 0 spiro atoms. The Labute approximate surface area is 192 Å². The van der Waals surface area contributed by atoms with Crippen LogP contribution >= 0.6 is 0 Å². The first-order valence-electron chi connectivity index (χ1n) is 9.66. The normalized spacial score (nSPS) is 10.5. The minimum Gasteiger partial charge on any atom is -1.00 e. The van der Waals surface area contributed by atoms with Crippen molar-refractivity contribution in [2.45, 2.75) is 19.9 Å². The summed E-state index contributed by atoms with van der Waals surface area (Å²) in [6.07, 6.45) is 9.34. The first-order valence-corrected chi connectivity index (χ1v) is 9.66. The molecule has 3 aromatic rings. The zero-order chi connectivity index (χ0) is 21.5. The van der Waals surface area contributed by atoms with Gasteiger partial charge in [0.1, 0.15) is 12.2 Å². The van der Waals surface area contributed by atoms with Gasteiger partial charge in [0.25, 0.3) is 0 Å². The Hall–Kier alpha value is -3.19. The fraction of sp³-hybridized carbons (Fsp3) is 0.208. The lowest BCUT2D eigenvalue weighted by Crippen LogP contribution is -3.00. The molecule has 0 atom stereocenters. The lowest BCUT2D eigenvalue weighted by molar-refractivity contribution is -0.696. The average molecular weight is 485 g/mol. The molecule has 0 amide bonds. The maximum absolute atomic E-state index is 12.1. The van der Waals surface area contributed by atoms with E-state index in [1.807, 2.05) is 49.3 Å². The standard InChI is InChI=1S/C24H25N2O4.BrH/c1-18-24(22(27)13-17-29-18)30-23(28)12-16-26-14-10-20(11-15-26)5-4-19-6-8-21(9-7-19)25(2)3;/h4-11,13-15,17H,12,16H2,1-3H3;1H/q+1;/p-1. The number of anilines is 1. The van der Waals surface area contributed by atoms with E-state index in [1.54, 1.807) is 6.92 Å². The van der Waals surface area contributed by atoms with Gasteiger partial charge in [0.05, 0.1) is 6.26 Å². The molecule has 0 aliphatic heterocycles. The third-order valence-electron chi connectivity index (χ3n) is 4.59. The van der Waals surface area contributed by atoms with Gasteiger partial charge in [-0.1, -0.05) is 24.3 Å². The summed E-state index contributed by atoms with van der Waals surface area (Å²) in [6, 6.07) is 13.5. The number of carbonyl (C=O) groups is 1. The minimum atomic E-state index is -0.478. The number of pyridine rings is 1. The summed E-state index contributed by atoms with van der Waals surface area (Å²) < 4.78 is 12.1. The molecule has 31 heavy (non-hydrogen) atoms. The van der Waals surface area contributed by atoms with E-state index >= 15 is 0 Å². The van der Waals surface area contributed by atoms with Gasteiger partial charge in [-0.3, -0.25) is 9.59 Å². The highest BCUT2D eigenvalue weighted by molar-refractivity contribution is 5.72. The number of hydrogen-bond donors (Lipinski definition) is 0. The number of aromatic nitrogens is 1. The zero-order valence-electron chi connectivity index (χ0n) is 17.7. The molecule has 0 unspecified atom stereocenters. The van der Waals surface area contributed by atoms with Crippen LogP contribution in [0.4, 0.5) is 5.69 Å². The monoisotopic (exact) mass is 484 g/mol. The summed E-state index contributed by atoms with van der Waals surface area (Å²) in [7, 11) is 4.03. The van der Waals surface area contributed by atoms with Crippen molar-refractivity contribution >= 4 is 23.8 Å². The van der Waals surface area contributed by atoms with Gasteiger partial charge in [0.2, 0.25) is 11.2 Å². The van der Waals surface area contributed by atoms with E-state index in [4.69, 9.17) is 9.15 Å². The Morgan fingerprint density at radius 1 is 1.03 bits per heavy atom. The van der Waals surface area contributed by atoms with E-state index in [0.717, 1.165) is 16.8 Å². The number of esters is 1. The molecule has 7 heteroatoms. The van der Waals surface area contributed by atoms with Crippen molar-refractivity contribution in [1.29, 1.82) is 0 Å². The quantitative estimate of drug-likeness (QED) is 0.360. The molecule has 0 fully saturated rings. The summed E-state index contributed by atoms with van der Waals surface area (Å²) in [5, 5.41) is 0. The molecule has 0 saturated carbocycles. The topological polar surface area (TPSA) is 63.6 Å². The fourth-order valence-electron chi connectivity index (χ4n) is 2.81. The molecule has 2 aromatic heterocycles. The molecule has 0 radical (unpaired) electrons. The molecule has 0 bridgehead atoms. The highest BCUT2D eigenvalue weighted by atomic mass is 79.9. The molecule has 2 heterocycles. The highest BCUT2D eigenvalue weighted by Gasteiger charge is 2.14. The van der Waals surface area contributed by atoms with Crippen LogP contribution in [0.1, 0.15) is 23.3 Å². The molecule has 0 N–H and O–H groups in total. The van der Waals surface area contributed by atoms with E-state index < -0.39 is 5.97 Å². The largest absolute Gasteiger partial charge is 1.00 e. The smallest absolute Gasteiger partial charge is 0.317 e. The van der Waals surface area contributed by atoms with Crippen LogP contribution in [-0.4, -0.2) is 20.1 Å². The molecular formula is C24H25BrN2O4. The molecule has 3 rings (SSSR count). The molecule has 6 nitrogen and oxygen atoms in total. The lowest BCUT2D eigenvalue weighted by atomic mass is 10.1. The number of ether oxygens (including phenoxy) is 1. The summed E-state index contributed by atoms with van der Waals surface area (Å²) in [4.78, 5) is 25.9. The van der Waals surface area contributed by atoms with Crippen molar-refractivity contribution in [1.82, 2.24) is 0 Å². The van der Waals surface area contributed by atoms with Crippen LogP contribution in [0.15, 0.2) is 70.3 Å². The van der Waals surface area contributed by atoms with Crippen molar-refractivity contribution in [3.63, 3.8) is 0 Å². The number of carbonyl (C=O) groups excluding carboxylic acids is 1. The summed E-state index contributed by atoms with van der Waals surface area (Å²) in [6.45, 7) is 2.04. The van der Waals surface area contributed by atoms with Crippen LogP contribution in [0.2, 0.25) is 0 Å². The van der Waals surface area contributed by atoms with E-state index in [9.17, 15) is 9.59 Å². The number of hydrogen-bond acceptors (Lipinski definition) is 5. The molecule has 0 aliphatic rings. The van der Waals surface area contributed by atoms with Crippen molar-refractivity contribution in [3.8, 4) is 5.75 Å². The van der Waals surface area contributed by atoms with Crippen molar-refractivity contribution < 1.29 is 35.5 Å². The van der Waals surface area contributed by atoms with Crippen LogP contribution in [0.3, 0.4) is 0 Å². The van der Waals surface area contributed by atoms with Crippen LogP contribution < -0.4 is 36.6 Å². The van der Waals surface area contributed by atoms with Gasteiger partial charge >= 0.3 is 5.97 Å². The first-order chi connectivity index (χ1) is 14.4. The predicted molar refractivity (Wildman–Crippen MR) is 116 cm³/mol. The molecule has 1 aromatic carbocycles.